The van der Waals surface area contributed by atoms with Crippen molar-refractivity contribution in [1.29, 1.82) is 0 Å². The maximum atomic E-state index is 5.68. The molecule has 0 radical (unpaired) electrons. The van der Waals surface area contributed by atoms with Crippen LogP contribution in [0.3, 0.4) is 0 Å². The third kappa shape index (κ3) is 4.53. The van der Waals surface area contributed by atoms with Crippen LogP contribution in [0.2, 0.25) is 0 Å². The Morgan fingerprint density at radius 1 is 1.35 bits per heavy atom. The molecule has 0 fully saturated rings. The minimum absolute atomic E-state index is 0.484. The van der Waals surface area contributed by atoms with Gasteiger partial charge in [-0.05, 0) is 58.1 Å². The zero-order valence-corrected chi connectivity index (χ0v) is 12.7. The molecule has 0 N–H and O–H groups in total. The molecule has 110 valence electrons. The largest absolute Gasteiger partial charge is 0.466 e. The lowest BCUT2D eigenvalue weighted by Gasteiger charge is -2.18. The van der Waals surface area contributed by atoms with Crippen LogP contribution in [0.4, 0.5) is 0 Å². The Labute approximate surface area is 121 Å². The second-order valence-corrected chi connectivity index (χ2v) is 5.56. The van der Waals surface area contributed by atoms with Crippen LogP contribution < -0.4 is 0 Å². The number of aryl methyl sites for hydroxylation is 2. The van der Waals surface area contributed by atoms with Gasteiger partial charge in [0.25, 0.3) is 0 Å². The Balaban J connectivity index is 1.63. The van der Waals surface area contributed by atoms with E-state index in [1.54, 1.807) is 0 Å². The van der Waals surface area contributed by atoms with Gasteiger partial charge in [-0.15, -0.1) is 0 Å². The van der Waals surface area contributed by atoms with Gasteiger partial charge < -0.3 is 9.32 Å². The molecule has 0 aliphatic heterocycles. The second-order valence-electron chi connectivity index (χ2n) is 5.56. The SMILES string of the molecule is Cc1ccc(C(C)CCN(C)CCCn2cccn2)o1. The number of hydrogen-bond acceptors (Lipinski definition) is 3. The van der Waals surface area contributed by atoms with Crippen molar-refractivity contribution in [2.24, 2.45) is 0 Å². The highest BCUT2D eigenvalue weighted by atomic mass is 16.3. The maximum absolute atomic E-state index is 5.68. The third-order valence-corrected chi connectivity index (χ3v) is 3.68. The molecule has 4 heteroatoms. The molecule has 0 aromatic carbocycles. The molecule has 0 aliphatic rings. The smallest absolute Gasteiger partial charge is 0.107 e. The molecule has 4 nitrogen and oxygen atoms in total. The molecule has 1 unspecified atom stereocenters. The molecule has 2 aromatic rings. The summed E-state index contributed by atoms with van der Waals surface area (Å²) in [6, 6.07) is 6.11. The predicted octanol–water partition coefficient (Wildman–Crippen LogP) is 3.30. The van der Waals surface area contributed by atoms with E-state index in [9.17, 15) is 0 Å². The molecule has 0 saturated carbocycles. The van der Waals surface area contributed by atoms with Crippen LogP contribution in [0.25, 0.3) is 0 Å². The van der Waals surface area contributed by atoms with Gasteiger partial charge in [-0.1, -0.05) is 6.92 Å². The molecule has 0 saturated heterocycles. The lowest BCUT2D eigenvalue weighted by atomic mass is 10.1. The fourth-order valence-electron chi connectivity index (χ4n) is 2.32. The van der Waals surface area contributed by atoms with Gasteiger partial charge >= 0.3 is 0 Å². The van der Waals surface area contributed by atoms with Crippen LogP contribution in [0.5, 0.6) is 0 Å². The molecule has 2 rings (SSSR count). The van der Waals surface area contributed by atoms with Crippen molar-refractivity contribution in [3.63, 3.8) is 0 Å². The van der Waals surface area contributed by atoms with Gasteiger partial charge in [-0.2, -0.15) is 5.10 Å². The van der Waals surface area contributed by atoms with Crippen molar-refractivity contribution >= 4 is 0 Å². The van der Waals surface area contributed by atoms with E-state index in [2.05, 4.69) is 30.0 Å². The summed E-state index contributed by atoms with van der Waals surface area (Å²) in [6.07, 6.45) is 6.11. The third-order valence-electron chi connectivity index (χ3n) is 3.68. The van der Waals surface area contributed by atoms with Gasteiger partial charge in [0.1, 0.15) is 11.5 Å². The van der Waals surface area contributed by atoms with Crippen LogP contribution in [0.1, 0.15) is 37.2 Å². The van der Waals surface area contributed by atoms with E-state index < -0.39 is 0 Å². The predicted molar refractivity (Wildman–Crippen MR) is 80.8 cm³/mol. The van der Waals surface area contributed by atoms with Crippen molar-refractivity contribution in [3.05, 3.63) is 42.1 Å². The van der Waals surface area contributed by atoms with Crippen molar-refractivity contribution in [2.75, 3.05) is 20.1 Å². The maximum Gasteiger partial charge on any atom is 0.107 e. The average molecular weight is 275 g/mol. The van der Waals surface area contributed by atoms with Gasteiger partial charge in [-0.25, -0.2) is 0 Å². The number of hydrogen-bond donors (Lipinski definition) is 0. The Hall–Kier alpha value is -1.55. The standard InChI is InChI=1S/C16H25N3O/c1-14(16-7-6-15(2)20-16)8-13-18(3)10-5-12-19-11-4-9-17-19/h4,6-7,9,11,14H,5,8,10,12-13H2,1-3H3. The minimum Gasteiger partial charge on any atom is -0.466 e. The summed E-state index contributed by atoms with van der Waals surface area (Å²) in [5.41, 5.74) is 0. The van der Waals surface area contributed by atoms with Crippen LogP contribution >= 0.6 is 0 Å². The highest BCUT2D eigenvalue weighted by molar-refractivity contribution is 5.09. The molecule has 2 heterocycles. The molecule has 0 spiro atoms. The van der Waals surface area contributed by atoms with Crippen LogP contribution in [0, 0.1) is 6.92 Å². The minimum atomic E-state index is 0.484. The van der Waals surface area contributed by atoms with Gasteiger partial charge in [0.15, 0.2) is 0 Å². The quantitative estimate of drug-likeness (QED) is 0.741. The molecule has 0 aliphatic carbocycles. The van der Waals surface area contributed by atoms with Gasteiger partial charge in [0.05, 0.1) is 0 Å². The molecule has 1 atom stereocenters. The number of nitrogens with zero attached hydrogens (tertiary/aromatic N) is 3. The highest BCUT2D eigenvalue weighted by Gasteiger charge is 2.10. The topological polar surface area (TPSA) is 34.2 Å². The van der Waals surface area contributed by atoms with E-state index in [0.717, 1.165) is 44.0 Å². The highest BCUT2D eigenvalue weighted by Crippen LogP contribution is 2.21. The normalized spacial score (nSPS) is 13.0. The van der Waals surface area contributed by atoms with E-state index in [1.807, 2.05) is 36.1 Å². The van der Waals surface area contributed by atoms with E-state index in [4.69, 9.17) is 4.42 Å². The summed E-state index contributed by atoms with van der Waals surface area (Å²) in [5.74, 6) is 2.59. The fourth-order valence-corrected chi connectivity index (χ4v) is 2.32. The second kappa shape index (κ2) is 7.29. The van der Waals surface area contributed by atoms with E-state index in [1.165, 1.54) is 0 Å². The van der Waals surface area contributed by atoms with Crippen molar-refractivity contribution in [1.82, 2.24) is 14.7 Å². The summed E-state index contributed by atoms with van der Waals surface area (Å²) in [5, 5.41) is 4.22. The van der Waals surface area contributed by atoms with Gasteiger partial charge in [0.2, 0.25) is 0 Å². The monoisotopic (exact) mass is 275 g/mol. The van der Waals surface area contributed by atoms with Gasteiger partial charge in [-0.3, -0.25) is 4.68 Å². The first-order valence-corrected chi connectivity index (χ1v) is 7.37. The van der Waals surface area contributed by atoms with Crippen molar-refractivity contribution in [2.45, 2.75) is 39.2 Å². The zero-order valence-electron chi connectivity index (χ0n) is 12.7. The fraction of sp³-hybridized carbons (Fsp3) is 0.562. The van der Waals surface area contributed by atoms with Crippen LogP contribution in [-0.2, 0) is 6.54 Å². The van der Waals surface area contributed by atoms with Crippen LogP contribution in [-0.4, -0.2) is 34.8 Å². The lowest BCUT2D eigenvalue weighted by molar-refractivity contribution is 0.300. The molecular formula is C16H25N3O. The summed E-state index contributed by atoms with van der Waals surface area (Å²) in [7, 11) is 2.18. The molecule has 20 heavy (non-hydrogen) atoms. The first kappa shape index (κ1) is 14.9. The molecule has 0 bridgehead atoms. The summed E-state index contributed by atoms with van der Waals surface area (Å²) in [4.78, 5) is 2.38. The molecular weight excluding hydrogens is 250 g/mol. The number of aromatic nitrogens is 2. The number of furan rings is 1. The van der Waals surface area contributed by atoms with Crippen LogP contribution in [0.15, 0.2) is 35.0 Å². The number of rotatable bonds is 8. The Bertz CT molecular complexity index is 490. The Kier molecular flexibility index (Phi) is 5.41. The zero-order chi connectivity index (χ0) is 14.4. The molecule has 0 amide bonds. The molecule has 2 aromatic heterocycles. The van der Waals surface area contributed by atoms with Crippen molar-refractivity contribution in [3.8, 4) is 0 Å². The lowest BCUT2D eigenvalue weighted by Crippen LogP contribution is -2.23. The van der Waals surface area contributed by atoms with E-state index in [0.29, 0.717) is 5.92 Å². The van der Waals surface area contributed by atoms with E-state index >= 15 is 0 Å². The Morgan fingerprint density at radius 2 is 2.20 bits per heavy atom. The van der Waals surface area contributed by atoms with E-state index in [-0.39, 0.29) is 0 Å². The van der Waals surface area contributed by atoms with Crippen molar-refractivity contribution < 1.29 is 4.42 Å². The summed E-state index contributed by atoms with van der Waals surface area (Å²) < 4.78 is 7.67. The first-order chi connectivity index (χ1) is 9.65. The first-order valence-electron chi connectivity index (χ1n) is 7.37. The van der Waals surface area contributed by atoms with Gasteiger partial charge in [0, 0.05) is 24.9 Å². The Morgan fingerprint density at radius 3 is 2.85 bits per heavy atom. The summed E-state index contributed by atoms with van der Waals surface area (Å²) >= 11 is 0. The summed E-state index contributed by atoms with van der Waals surface area (Å²) in [6.45, 7) is 7.42. The average Bonchev–Trinajstić information content (AvgIpc) is 3.07.